The molecule has 1 amide bonds. The molecule has 194 valence electrons. The van der Waals surface area contributed by atoms with Gasteiger partial charge in [0.15, 0.2) is 0 Å². The number of likely N-dealkylation sites (N-methyl/N-ethyl adjacent to an activating group) is 1. The summed E-state index contributed by atoms with van der Waals surface area (Å²) in [6, 6.07) is 14.3. The Balaban J connectivity index is 1.44. The number of thiazole rings is 1. The van der Waals surface area contributed by atoms with Gasteiger partial charge in [0, 0.05) is 31.1 Å². The first-order valence-electron chi connectivity index (χ1n) is 12.5. The van der Waals surface area contributed by atoms with Crippen molar-refractivity contribution in [3.05, 3.63) is 64.5 Å². The molecule has 2 N–H and O–H groups in total. The lowest BCUT2D eigenvalue weighted by Crippen LogP contribution is -3.08. The normalized spacial score (nSPS) is 15.7. The highest BCUT2D eigenvalue weighted by Crippen LogP contribution is 2.44. The molecule has 0 spiro atoms. The molecule has 10 heteroatoms. The van der Waals surface area contributed by atoms with Gasteiger partial charge in [0.25, 0.3) is 5.91 Å². The third-order valence-electron chi connectivity index (χ3n) is 6.74. The fourth-order valence-corrected chi connectivity index (χ4v) is 8.22. The molecule has 1 aliphatic rings. The third kappa shape index (κ3) is 5.21. The van der Waals surface area contributed by atoms with Crippen LogP contribution in [0.5, 0.6) is 0 Å². The van der Waals surface area contributed by atoms with Crippen LogP contribution in [-0.2, 0) is 23.0 Å². The van der Waals surface area contributed by atoms with Gasteiger partial charge in [0.1, 0.15) is 16.6 Å². The average molecular weight is 556 g/mol. The van der Waals surface area contributed by atoms with Gasteiger partial charge in [-0.1, -0.05) is 25.5 Å². The number of aromatic nitrogens is 1. The zero-order valence-electron chi connectivity index (χ0n) is 21.2. The van der Waals surface area contributed by atoms with Crippen molar-refractivity contribution in [1.82, 2.24) is 9.29 Å². The summed E-state index contributed by atoms with van der Waals surface area (Å²) >= 11 is 3.27. The zero-order chi connectivity index (χ0) is 26.2. The van der Waals surface area contributed by atoms with Crippen LogP contribution in [-0.4, -0.2) is 50.8 Å². The van der Waals surface area contributed by atoms with Crippen molar-refractivity contribution in [2.45, 2.75) is 37.6 Å². The molecule has 2 aromatic carbocycles. The topological polar surface area (TPSA) is 83.8 Å². The van der Waals surface area contributed by atoms with E-state index in [-0.39, 0.29) is 10.8 Å². The molecule has 7 nitrogen and oxygen atoms in total. The Labute approximate surface area is 225 Å². The molecule has 0 saturated carbocycles. The minimum absolute atomic E-state index is 0.190. The molecule has 1 aliphatic heterocycles. The van der Waals surface area contributed by atoms with Gasteiger partial charge >= 0.3 is 0 Å². The number of hydrogen-bond donors (Lipinski definition) is 2. The van der Waals surface area contributed by atoms with Crippen LogP contribution in [0.15, 0.2) is 53.4 Å². The Hall–Kier alpha value is -2.63. The highest BCUT2D eigenvalue weighted by atomic mass is 32.2. The van der Waals surface area contributed by atoms with E-state index < -0.39 is 10.0 Å². The molecule has 1 atom stereocenters. The van der Waals surface area contributed by atoms with Gasteiger partial charge < -0.3 is 10.2 Å². The van der Waals surface area contributed by atoms with Crippen LogP contribution in [0.25, 0.3) is 20.8 Å². The molecule has 1 unspecified atom stereocenters. The number of nitrogens with zero attached hydrogens (tertiary/aromatic N) is 2. The van der Waals surface area contributed by atoms with Crippen molar-refractivity contribution >= 4 is 53.8 Å². The summed E-state index contributed by atoms with van der Waals surface area (Å²) in [6.07, 6.45) is 2.66. The van der Waals surface area contributed by atoms with Crippen LogP contribution in [0.4, 0.5) is 5.00 Å². The second-order valence-electron chi connectivity index (χ2n) is 9.49. The van der Waals surface area contributed by atoms with Crippen LogP contribution < -0.4 is 10.2 Å². The Kier molecular flexibility index (Phi) is 7.46. The fourth-order valence-electron chi connectivity index (χ4n) is 4.55. The number of sulfonamides is 1. The van der Waals surface area contributed by atoms with E-state index in [1.807, 2.05) is 25.1 Å². The summed E-state index contributed by atoms with van der Waals surface area (Å²) in [4.78, 5) is 21.1. The summed E-state index contributed by atoms with van der Waals surface area (Å²) in [5.41, 5.74) is 3.68. The van der Waals surface area contributed by atoms with Crippen LogP contribution in [0, 0.1) is 0 Å². The number of thiophene rings is 1. The number of unbranched alkanes of at least 4 members (excludes halogenated alkanes) is 1. The lowest BCUT2D eigenvalue weighted by molar-refractivity contribution is -0.895. The second kappa shape index (κ2) is 10.6. The predicted octanol–water partition coefficient (Wildman–Crippen LogP) is 4.27. The van der Waals surface area contributed by atoms with Gasteiger partial charge in [-0.3, -0.25) is 4.79 Å². The molecule has 0 aliphatic carbocycles. The maximum absolute atomic E-state index is 13.3. The highest BCUT2D eigenvalue weighted by molar-refractivity contribution is 7.89. The SMILES string of the molecule is CCCCN(C)S(=O)(=O)c1ccc(C(=O)Nc2sc3c(c2-c2nc4ccccc4s2)CC[NH+](C)C3)cc1. The molecule has 37 heavy (non-hydrogen) atoms. The maximum Gasteiger partial charge on any atom is 0.256 e. The molecular weight excluding hydrogens is 525 g/mol. The maximum atomic E-state index is 13.3. The third-order valence-corrected chi connectivity index (χ3v) is 10.8. The molecule has 0 saturated heterocycles. The molecule has 4 aromatic rings. The number of para-hydroxylation sites is 1. The molecule has 0 bridgehead atoms. The van der Waals surface area contributed by atoms with E-state index in [0.29, 0.717) is 12.1 Å². The van der Waals surface area contributed by atoms with E-state index in [9.17, 15) is 13.2 Å². The number of carbonyl (C=O) groups excluding carboxylic acids is 1. The number of anilines is 1. The molecule has 5 rings (SSSR count). The van der Waals surface area contributed by atoms with Gasteiger partial charge in [-0.15, -0.1) is 22.7 Å². The first-order chi connectivity index (χ1) is 17.8. The molecule has 0 fully saturated rings. The summed E-state index contributed by atoms with van der Waals surface area (Å²) in [7, 11) is 0.197. The Morgan fingerprint density at radius 2 is 1.89 bits per heavy atom. The van der Waals surface area contributed by atoms with E-state index in [1.165, 1.54) is 31.8 Å². The van der Waals surface area contributed by atoms with E-state index >= 15 is 0 Å². The predicted molar refractivity (Wildman–Crippen MR) is 151 cm³/mol. The number of carbonyl (C=O) groups is 1. The van der Waals surface area contributed by atoms with E-state index in [4.69, 9.17) is 4.98 Å². The Morgan fingerprint density at radius 3 is 2.62 bits per heavy atom. The summed E-state index contributed by atoms with van der Waals surface area (Å²) in [6.45, 7) is 4.46. The fraction of sp³-hybridized carbons (Fsp3) is 0.333. The van der Waals surface area contributed by atoms with Crippen LogP contribution in [0.2, 0.25) is 0 Å². The van der Waals surface area contributed by atoms with Crippen molar-refractivity contribution in [1.29, 1.82) is 0 Å². The van der Waals surface area contributed by atoms with E-state index in [0.717, 1.165) is 58.1 Å². The number of rotatable bonds is 8. The highest BCUT2D eigenvalue weighted by Gasteiger charge is 2.29. The van der Waals surface area contributed by atoms with Gasteiger partial charge in [-0.25, -0.2) is 17.7 Å². The van der Waals surface area contributed by atoms with Crippen molar-refractivity contribution in [3.8, 4) is 10.6 Å². The van der Waals surface area contributed by atoms with Gasteiger partial charge in [0.2, 0.25) is 10.0 Å². The number of amides is 1. The number of nitrogens with one attached hydrogen (secondary N) is 2. The number of fused-ring (bicyclic) bond motifs is 2. The van der Waals surface area contributed by atoms with Crippen LogP contribution >= 0.6 is 22.7 Å². The molecule has 2 aromatic heterocycles. The van der Waals surface area contributed by atoms with E-state index in [2.05, 4.69) is 18.4 Å². The Morgan fingerprint density at radius 1 is 1.14 bits per heavy atom. The average Bonchev–Trinajstić information content (AvgIpc) is 3.47. The molecule has 3 heterocycles. The van der Waals surface area contributed by atoms with Gasteiger partial charge in [-0.05, 0) is 48.4 Å². The quantitative estimate of drug-likeness (QED) is 0.340. The van der Waals surface area contributed by atoms with E-state index in [1.54, 1.807) is 41.9 Å². The number of quaternary nitrogens is 1. The van der Waals surface area contributed by atoms with Crippen molar-refractivity contribution in [2.24, 2.45) is 0 Å². The van der Waals surface area contributed by atoms with Gasteiger partial charge in [0.05, 0.1) is 33.6 Å². The largest absolute Gasteiger partial charge is 0.333 e. The zero-order valence-corrected chi connectivity index (χ0v) is 23.7. The van der Waals surface area contributed by atoms with Crippen molar-refractivity contribution in [2.75, 3.05) is 32.5 Å². The minimum Gasteiger partial charge on any atom is -0.333 e. The number of hydrogen-bond acceptors (Lipinski definition) is 6. The standard InChI is InChI=1S/C27H30N4O3S3/c1-4-5-15-31(3)37(33,34)19-12-10-18(11-13-19)25(32)29-27-24(20-14-16-30(2)17-23(20)36-27)26-28-21-8-6-7-9-22(21)35-26/h6-13H,4-5,14-17H2,1-3H3,(H,29,32)/p+1. The summed E-state index contributed by atoms with van der Waals surface area (Å²) in [5, 5.41) is 4.85. The number of benzene rings is 2. The van der Waals surface area contributed by atoms with Crippen molar-refractivity contribution in [3.63, 3.8) is 0 Å². The Bertz CT molecular complexity index is 1510. The lowest BCUT2D eigenvalue weighted by Gasteiger charge is -2.19. The first kappa shape index (κ1) is 26.0. The van der Waals surface area contributed by atoms with Gasteiger partial charge in [-0.2, -0.15) is 0 Å². The monoisotopic (exact) mass is 555 g/mol. The second-order valence-corrected chi connectivity index (χ2v) is 13.7. The lowest BCUT2D eigenvalue weighted by atomic mass is 10.0. The smallest absolute Gasteiger partial charge is 0.256 e. The summed E-state index contributed by atoms with van der Waals surface area (Å²) < 4.78 is 28.2. The molecule has 0 radical (unpaired) electrons. The summed E-state index contributed by atoms with van der Waals surface area (Å²) in [5.74, 6) is -0.259. The first-order valence-corrected chi connectivity index (χ1v) is 15.5. The van der Waals surface area contributed by atoms with Crippen molar-refractivity contribution < 1.29 is 18.1 Å². The van der Waals surface area contributed by atoms with Crippen LogP contribution in [0.1, 0.15) is 40.6 Å². The van der Waals surface area contributed by atoms with Crippen LogP contribution in [0.3, 0.4) is 0 Å². The minimum atomic E-state index is -3.58. The molecular formula is C27H31N4O3S3+.